The summed E-state index contributed by atoms with van der Waals surface area (Å²) >= 11 is 4.64. The second-order valence-electron chi connectivity index (χ2n) is 5.95. The lowest BCUT2D eigenvalue weighted by atomic mass is 10.2. The quantitative estimate of drug-likeness (QED) is 0.742. The van der Waals surface area contributed by atoms with E-state index in [0.717, 1.165) is 35.7 Å². The molecule has 0 spiro atoms. The standard InChI is InChI=1S/C16H18BrN3O3S2/c17-12-7-5-11(6-8-12)16-19-15(10-24-16)25(22,23)20(9-14(18)21)13-3-1-2-4-13/h5-8,10,13H,1-4,9H2,(H2,18,21). The fourth-order valence-electron chi connectivity index (χ4n) is 2.98. The molecule has 3 rings (SSSR count). The number of carbonyl (C=O) groups excluding carboxylic acids is 1. The molecular weight excluding hydrogens is 426 g/mol. The monoisotopic (exact) mass is 443 g/mol. The van der Waals surface area contributed by atoms with Crippen LogP contribution < -0.4 is 5.73 Å². The van der Waals surface area contributed by atoms with Crippen molar-refractivity contribution in [3.8, 4) is 10.6 Å². The summed E-state index contributed by atoms with van der Waals surface area (Å²) in [6.07, 6.45) is 3.40. The van der Waals surface area contributed by atoms with E-state index in [2.05, 4.69) is 20.9 Å². The molecule has 1 aromatic heterocycles. The Kier molecular flexibility index (Phi) is 5.57. The first kappa shape index (κ1) is 18.5. The van der Waals surface area contributed by atoms with Gasteiger partial charge in [0.1, 0.15) is 5.01 Å². The number of sulfonamides is 1. The van der Waals surface area contributed by atoms with Gasteiger partial charge in [-0.25, -0.2) is 13.4 Å². The van der Waals surface area contributed by atoms with Crippen LogP contribution >= 0.6 is 27.3 Å². The van der Waals surface area contributed by atoms with Crippen molar-refractivity contribution in [1.29, 1.82) is 0 Å². The van der Waals surface area contributed by atoms with Crippen LogP contribution in [0.15, 0.2) is 39.1 Å². The predicted molar refractivity (Wildman–Crippen MR) is 101 cm³/mol. The van der Waals surface area contributed by atoms with Crippen molar-refractivity contribution in [3.05, 3.63) is 34.1 Å². The highest BCUT2D eigenvalue weighted by molar-refractivity contribution is 9.10. The van der Waals surface area contributed by atoms with E-state index in [1.54, 1.807) is 0 Å². The second-order valence-corrected chi connectivity index (χ2v) is 9.56. The van der Waals surface area contributed by atoms with E-state index in [-0.39, 0.29) is 17.6 Å². The van der Waals surface area contributed by atoms with Gasteiger partial charge in [0, 0.05) is 21.5 Å². The van der Waals surface area contributed by atoms with E-state index in [0.29, 0.717) is 5.01 Å². The first-order valence-corrected chi connectivity index (χ1v) is 11.0. The molecule has 9 heteroatoms. The van der Waals surface area contributed by atoms with Crippen LogP contribution in [0.2, 0.25) is 0 Å². The van der Waals surface area contributed by atoms with Crippen molar-refractivity contribution in [2.75, 3.05) is 6.54 Å². The van der Waals surface area contributed by atoms with Gasteiger partial charge in [0.25, 0.3) is 10.0 Å². The SMILES string of the molecule is NC(=O)CN(C1CCCC1)S(=O)(=O)c1csc(-c2ccc(Br)cc2)n1. The highest BCUT2D eigenvalue weighted by atomic mass is 79.9. The molecule has 1 saturated carbocycles. The van der Waals surface area contributed by atoms with Gasteiger partial charge in [-0.3, -0.25) is 4.79 Å². The molecule has 0 unspecified atom stereocenters. The van der Waals surface area contributed by atoms with Crippen LogP contribution in [-0.2, 0) is 14.8 Å². The summed E-state index contributed by atoms with van der Waals surface area (Å²) < 4.78 is 28.2. The summed E-state index contributed by atoms with van der Waals surface area (Å²) in [7, 11) is -3.85. The molecule has 134 valence electrons. The zero-order valence-electron chi connectivity index (χ0n) is 13.4. The Morgan fingerprint density at radius 2 is 1.92 bits per heavy atom. The maximum Gasteiger partial charge on any atom is 0.262 e. The molecule has 1 heterocycles. The van der Waals surface area contributed by atoms with Crippen molar-refractivity contribution in [1.82, 2.24) is 9.29 Å². The van der Waals surface area contributed by atoms with Crippen LogP contribution in [0.25, 0.3) is 10.6 Å². The first-order valence-electron chi connectivity index (χ1n) is 7.89. The number of halogens is 1. The van der Waals surface area contributed by atoms with Crippen molar-refractivity contribution in [3.63, 3.8) is 0 Å². The molecule has 0 saturated heterocycles. The molecule has 0 aliphatic heterocycles. The Bertz CT molecular complexity index is 859. The minimum absolute atomic E-state index is 0.0245. The number of carbonyl (C=O) groups is 1. The number of nitrogens with zero attached hydrogens (tertiary/aromatic N) is 2. The lowest BCUT2D eigenvalue weighted by molar-refractivity contribution is -0.118. The molecule has 6 nitrogen and oxygen atoms in total. The zero-order valence-corrected chi connectivity index (χ0v) is 16.6. The molecule has 0 bridgehead atoms. The normalized spacial score (nSPS) is 15.8. The average Bonchev–Trinajstić information content (AvgIpc) is 3.25. The summed E-state index contributed by atoms with van der Waals surface area (Å²) in [6.45, 7) is -0.307. The molecule has 1 aromatic carbocycles. The highest BCUT2D eigenvalue weighted by Crippen LogP contribution is 2.31. The van der Waals surface area contributed by atoms with Crippen LogP contribution in [0.4, 0.5) is 0 Å². The van der Waals surface area contributed by atoms with E-state index in [4.69, 9.17) is 5.73 Å². The first-order chi connectivity index (χ1) is 11.9. The van der Waals surface area contributed by atoms with Crippen LogP contribution in [0.3, 0.4) is 0 Å². The number of benzene rings is 1. The number of aromatic nitrogens is 1. The molecule has 1 amide bonds. The number of hydrogen-bond acceptors (Lipinski definition) is 5. The van der Waals surface area contributed by atoms with Crippen molar-refractivity contribution >= 4 is 43.2 Å². The predicted octanol–water partition coefficient (Wildman–Crippen LogP) is 2.99. The molecule has 1 aliphatic rings. The zero-order chi connectivity index (χ0) is 18.0. The molecule has 2 aromatic rings. The average molecular weight is 444 g/mol. The lowest BCUT2D eigenvalue weighted by Crippen LogP contribution is -2.44. The van der Waals surface area contributed by atoms with Gasteiger partial charge < -0.3 is 5.73 Å². The summed E-state index contributed by atoms with van der Waals surface area (Å²) in [5, 5.41) is 2.12. The third kappa shape index (κ3) is 4.11. The Morgan fingerprint density at radius 1 is 1.28 bits per heavy atom. The fourth-order valence-corrected chi connectivity index (χ4v) is 5.97. The minimum Gasteiger partial charge on any atom is -0.369 e. The third-order valence-electron chi connectivity index (χ3n) is 4.19. The van der Waals surface area contributed by atoms with Gasteiger partial charge in [-0.05, 0) is 25.0 Å². The largest absolute Gasteiger partial charge is 0.369 e. The number of hydrogen-bond donors (Lipinski definition) is 1. The Balaban J connectivity index is 1.92. The van der Waals surface area contributed by atoms with E-state index in [1.807, 2.05) is 24.3 Å². The molecule has 1 fully saturated rings. The van der Waals surface area contributed by atoms with E-state index in [9.17, 15) is 13.2 Å². The smallest absolute Gasteiger partial charge is 0.262 e. The number of amides is 1. The number of nitrogens with two attached hydrogens (primary N) is 1. The second kappa shape index (κ2) is 7.53. The summed E-state index contributed by atoms with van der Waals surface area (Å²) in [5.41, 5.74) is 6.12. The number of thiazole rings is 1. The van der Waals surface area contributed by atoms with Crippen LogP contribution in [0.1, 0.15) is 25.7 Å². The van der Waals surface area contributed by atoms with Gasteiger partial charge in [0.15, 0.2) is 5.03 Å². The maximum absolute atomic E-state index is 13.0. The third-order valence-corrected chi connectivity index (χ3v) is 7.54. The van der Waals surface area contributed by atoms with Gasteiger partial charge in [-0.1, -0.05) is 40.9 Å². The van der Waals surface area contributed by atoms with E-state index >= 15 is 0 Å². The fraction of sp³-hybridized carbons (Fsp3) is 0.375. The molecular formula is C16H18BrN3O3S2. The van der Waals surface area contributed by atoms with Crippen LogP contribution in [0.5, 0.6) is 0 Å². The van der Waals surface area contributed by atoms with Gasteiger partial charge in [0.2, 0.25) is 5.91 Å². The molecule has 2 N–H and O–H groups in total. The van der Waals surface area contributed by atoms with Gasteiger partial charge >= 0.3 is 0 Å². The lowest BCUT2D eigenvalue weighted by Gasteiger charge is -2.25. The molecule has 0 radical (unpaired) electrons. The summed E-state index contributed by atoms with van der Waals surface area (Å²) in [5.74, 6) is -0.654. The van der Waals surface area contributed by atoms with Crippen molar-refractivity contribution in [2.45, 2.75) is 36.8 Å². The van der Waals surface area contributed by atoms with Gasteiger partial charge in [-0.15, -0.1) is 11.3 Å². The topological polar surface area (TPSA) is 93.4 Å². The van der Waals surface area contributed by atoms with Gasteiger partial charge in [0.05, 0.1) is 6.54 Å². The maximum atomic E-state index is 13.0. The summed E-state index contributed by atoms with van der Waals surface area (Å²) in [4.78, 5) is 15.7. The van der Waals surface area contributed by atoms with E-state index < -0.39 is 15.9 Å². The highest BCUT2D eigenvalue weighted by Gasteiger charge is 2.35. The Hall–Kier alpha value is -1.29. The van der Waals surface area contributed by atoms with Crippen LogP contribution in [0, 0.1) is 0 Å². The van der Waals surface area contributed by atoms with E-state index in [1.165, 1.54) is 21.0 Å². The summed E-state index contributed by atoms with van der Waals surface area (Å²) in [6, 6.07) is 7.32. The van der Waals surface area contributed by atoms with Crippen molar-refractivity contribution < 1.29 is 13.2 Å². The number of rotatable bonds is 6. The minimum atomic E-state index is -3.85. The van der Waals surface area contributed by atoms with Crippen LogP contribution in [-0.4, -0.2) is 36.2 Å². The van der Waals surface area contributed by atoms with Gasteiger partial charge in [-0.2, -0.15) is 4.31 Å². The molecule has 1 aliphatic carbocycles. The Labute approximate surface area is 159 Å². The van der Waals surface area contributed by atoms with Crippen molar-refractivity contribution in [2.24, 2.45) is 5.73 Å². The molecule has 25 heavy (non-hydrogen) atoms. The number of primary amides is 1. The Morgan fingerprint density at radius 3 is 2.52 bits per heavy atom. The molecule has 0 atom stereocenters.